The van der Waals surface area contributed by atoms with Crippen LogP contribution in [-0.4, -0.2) is 42.0 Å². The third-order valence-electron chi connectivity index (χ3n) is 5.57. The fourth-order valence-corrected chi connectivity index (χ4v) is 4.02. The zero-order valence-corrected chi connectivity index (χ0v) is 17.0. The number of H-pyrrole nitrogens is 1. The summed E-state index contributed by atoms with van der Waals surface area (Å²) in [5.41, 5.74) is 0.342. The van der Waals surface area contributed by atoms with Crippen LogP contribution in [0.1, 0.15) is 37.7 Å². The highest BCUT2D eigenvalue weighted by molar-refractivity contribution is 6.04. The van der Waals surface area contributed by atoms with Gasteiger partial charge in [-0.2, -0.15) is 4.98 Å². The van der Waals surface area contributed by atoms with Gasteiger partial charge in [-0.1, -0.05) is 6.92 Å². The number of amides is 2. The quantitative estimate of drug-likeness (QED) is 0.709. The van der Waals surface area contributed by atoms with Crippen LogP contribution in [0.3, 0.4) is 0 Å². The highest BCUT2D eigenvalue weighted by Crippen LogP contribution is 2.31. The van der Waals surface area contributed by atoms with Crippen molar-refractivity contribution in [3.8, 4) is 5.75 Å². The predicted octanol–water partition coefficient (Wildman–Crippen LogP) is 2.08. The standard InChI is InChI=1S/C21H25N5O4/c1-12-4-3-9-26(11-12)21-24-18-17(20(29)25-21)15(10-16(27)23-18)19(28)22-13-5-7-14(30-2)8-6-13/h5-8,12,15H,3-4,9-11H2,1-2H3,(H,22,28)(H2,23,24,25,27,29)/t12-,15-/m0/s1. The number of anilines is 3. The number of hydrogen-bond acceptors (Lipinski definition) is 6. The minimum atomic E-state index is -0.915. The monoisotopic (exact) mass is 411 g/mol. The Labute approximate surface area is 173 Å². The molecule has 9 heteroatoms. The summed E-state index contributed by atoms with van der Waals surface area (Å²) in [6, 6.07) is 6.84. The molecule has 0 aliphatic carbocycles. The average Bonchev–Trinajstić information content (AvgIpc) is 2.73. The molecule has 2 aliphatic rings. The number of fused-ring (bicyclic) bond motifs is 1. The molecule has 3 N–H and O–H groups in total. The van der Waals surface area contributed by atoms with Crippen molar-refractivity contribution in [3.63, 3.8) is 0 Å². The zero-order chi connectivity index (χ0) is 21.3. The maximum absolute atomic E-state index is 12.9. The number of benzene rings is 1. The molecule has 2 aliphatic heterocycles. The van der Waals surface area contributed by atoms with E-state index in [1.54, 1.807) is 31.4 Å². The number of piperidine rings is 1. The van der Waals surface area contributed by atoms with Gasteiger partial charge in [-0.3, -0.25) is 19.4 Å². The van der Waals surface area contributed by atoms with Gasteiger partial charge in [0.25, 0.3) is 5.56 Å². The van der Waals surface area contributed by atoms with E-state index in [9.17, 15) is 14.4 Å². The SMILES string of the molecule is COc1ccc(NC(=O)[C@H]2CC(=O)Nc3nc(N4CCC[C@H](C)C4)[nH]c(=O)c32)cc1. The second-order valence-electron chi connectivity index (χ2n) is 7.87. The molecule has 158 valence electrons. The molecular weight excluding hydrogens is 386 g/mol. The van der Waals surface area contributed by atoms with Gasteiger partial charge in [-0.25, -0.2) is 0 Å². The van der Waals surface area contributed by atoms with Gasteiger partial charge in [0.05, 0.1) is 18.6 Å². The first kappa shape index (κ1) is 19.9. The molecule has 30 heavy (non-hydrogen) atoms. The number of carbonyl (C=O) groups excluding carboxylic acids is 2. The molecular formula is C21H25N5O4. The van der Waals surface area contributed by atoms with Crippen LogP contribution < -0.4 is 25.8 Å². The van der Waals surface area contributed by atoms with Gasteiger partial charge in [-0.15, -0.1) is 0 Å². The van der Waals surface area contributed by atoms with Crippen LogP contribution in [0.2, 0.25) is 0 Å². The van der Waals surface area contributed by atoms with Crippen molar-refractivity contribution in [1.82, 2.24) is 9.97 Å². The normalized spacial score (nSPS) is 20.9. The first-order valence-corrected chi connectivity index (χ1v) is 10.1. The summed E-state index contributed by atoms with van der Waals surface area (Å²) in [4.78, 5) is 47.4. The van der Waals surface area contributed by atoms with Gasteiger partial charge in [0.2, 0.25) is 17.8 Å². The van der Waals surface area contributed by atoms with E-state index in [2.05, 4.69) is 27.5 Å². The fraction of sp³-hybridized carbons (Fsp3) is 0.429. The first-order valence-electron chi connectivity index (χ1n) is 10.1. The number of methoxy groups -OCH3 is 1. The van der Waals surface area contributed by atoms with Gasteiger partial charge in [0, 0.05) is 25.2 Å². The van der Waals surface area contributed by atoms with Gasteiger partial charge in [0.15, 0.2) is 0 Å². The molecule has 1 saturated heterocycles. The molecule has 0 saturated carbocycles. The lowest BCUT2D eigenvalue weighted by atomic mass is 9.92. The van der Waals surface area contributed by atoms with Gasteiger partial charge < -0.3 is 20.3 Å². The smallest absolute Gasteiger partial charge is 0.258 e. The highest BCUT2D eigenvalue weighted by Gasteiger charge is 2.35. The topological polar surface area (TPSA) is 116 Å². The van der Waals surface area contributed by atoms with Crippen LogP contribution in [-0.2, 0) is 9.59 Å². The van der Waals surface area contributed by atoms with Crippen LogP contribution in [0.15, 0.2) is 29.1 Å². The lowest BCUT2D eigenvalue weighted by Gasteiger charge is -2.32. The molecule has 2 atom stereocenters. The van der Waals surface area contributed by atoms with Crippen molar-refractivity contribution < 1.29 is 14.3 Å². The molecule has 1 fully saturated rings. The Bertz CT molecular complexity index is 1020. The van der Waals surface area contributed by atoms with Gasteiger partial charge in [0.1, 0.15) is 11.6 Å². The maximum Gasteiger partial charge on any atom is 0.258 e. The number of nitrogens with zero attached hydrogens (tertiary/aromatic N) is 2. The van der Waals surface area contributed by atoms with Crippen molar-refractivity contribution in [3.05, 3.63) is 40.2 Å². The van der Waals surface area contributed by atoms with E-state index in [1.165, 1.54) is 0 Å². The summed E-state index contributed by atoms with van der Waals surface area (Å²) in [6.07, 6.45) is 2.04. The van der Waals surface area contributed by atoms with Crippen LogP contribution >= 0.6 is 0 Å². The molecule has 0 spiro atoms. The Morgan fingerprint density at radius 2 is 2.03 bits per heavy atom. The maximum atomic E-state index is 12.9. The van der Waals surface area contributed by atoms with Crippen molar-refractivity contribution in [2.45, 2.75) is 32.1 Å². The zero-order valence-electron chi connectivity index (χ0n) is 17.0. The van der Waals surface area contributed by atoms with E-state index in [0.717, 1.165) is 25.9 Å². The molecule has 3 heterocycles. The Hall–Kier alpha value is -3.36. The summed E-state index contributed by atoms with van der Waals surface area (Å²) < 4.78 is 5.11. The second-order valence-corrected chi connectivity index (χ2v) is 7.87. The first-order chi connectivity index (χ1) is 14.4. The number of nitrogens with one attached hydrogen (secondary N) is 3. The van der Waals surface area contributed by atoms with E-state index in [4.69, 9.17) is 4.74 Å². The summed E-state index contributed by atoms with van der Waals surface area (Å²) in [6.45, 7) is 3.74. The molecule has 9 nitrogen and oxygen atoms in total. The lowest BCUT2D eigenvalue weighted by molar-refractivity contribution is -0.123. The predicted molar refractivity (Wildman–Crippen MR) is 113 cm³/mol. The Morgan fingerprint density at radius 1 is 1.27 bits per heavy atom. The van der Waals surface area contributed by atoms with Crippen LogP contribution in [0, 0.1) is 5.92 Å². The highest BCUT2D eigenvalue weighted by atomic mass is 16.5. The van der Waals surface area contributed by atoms with Gasteiger partial charge in [-0.05, 0) is 43.0 Å². The molecule has 2 aromatic rings. The summed E-state index contributed by atoms with van der Waals surface area (Å²) in [5.74, 6) is 0.0750. The third kappa shape index (κ3) is 4.00. The van der Waals surface area contributed by atoms with Crippen LogP contribution in [0.25, 0.3) is 0 Å². The second kappa shape index (κ2) is 8.17. The Balaban J connectivity index is 1.61. The van der Waals surface area contributed by atoms with E-state index < -0.39 is 17.4 Å². The fourth-order valence-electron chi connectivity index (χ4n) is 4.02. The van der Waals surface area contributed by atoms with Crippen LogP contribution in [0.4, 0.5) is 17.5 Å². The molecule has 2 amide bonds. The number of carbonyl (C=O) groups is 2. The van der Waals surface area contributed by atoms with E-state index >= 15 is 0 Å². The van der Waals surface area contributed by atoms with Crippen molar-refractivity contribution in [1.29, 1.82) is 0 Å². The molecule has 4 rings (SSSR count). The summed E-state index contributed by atoms with van der Waals surface area (Å²) >= 11 is 0. The minimum Gasteiger partial charge on any atom is -0.497 e. The van der Waals surface area contributed by atoms with Gasteiger partial charge >= 0.3 is 0 Å². The van der Waals surface area contributed by atoms with E-state index in [0.29, 0.717) is 23.3 Å². The van der Waals surface area contributed by atoms with E-state index in [-0.39, 0.29) is 23.7 Å². The number of ether oxygens (including phenoxy) is 1. The number of aromatic nitrogens is 2. The van der Waals surface area contributed by atoms with Crippen LogP contribution in [0.5, 0.6) is 5.75 Å². The largest absolute Gasteiger partial charge is 0.497 e. The molecule has 0 unspecified atom stereocenters. The van der Waals surface area contributed by atoms with Crippen molar-refractivity contribution in [2.24, 2.45) is 5.92 Å². The van der Waals surface area contributed by atoms with E-state index in [1.807, 2.05) is 4.90 Å². The summed E-state index contributed by atoms with van der Waals surface area (Å²) in [7, 11) is 1.56. The molecule has 0 bridgehead atoms. The third-order valence-corrected chi connectivity index (χ3v) is 5.57. The Kier molecular flexibility index (Phi) is 5.43. The number of hydrogen-bond donors (Lipinski definition) is 3. The molecule has 1 aromatic heterocycles. The molecule has 1 aromatic carbocycles. The lowest BCUT2D eigenvalue weighted by Crippen LogP contribution is -2.40. The minimum absolute atomic E-state index is 0.111. The van der Waals surface area contributed by atoms with Crippen molar-refractivity contribution >= 4 is 29.3 Å². The summed E-state index contributed by atoms with van der Waals surface area (Å²) in [5, 5.41) is 5.43. The number of rotatable bonds is 4. The average molecular weight is 411 g/mol. The molecule has 0 radical (unpaired) electrons. The van der Waals surface area contributed by atoms with Crippen molar-refractivity contribution in [2.75, 3.05) is 35.7 Å². The number of aromatic amines is 1. The Morgan fingerprint density at radius 3 is 2.73 bits per heavy atom.